The molecule has 0 rings (SSSR count). The SMILES string of the molecule is CC(=O)CC(CCC(=O)NC(CSSCC(NC(C)=O)C(=O)O)C(=O)CCC(=O)O)C(=O)O. The summed E-state index contributed by atoms with van der Waals surface area (Å²) in [5.41, 5.74) is 0. The molecule has 12 nitrogen and oxygen atoms in total. The number of rotatable bonds is 18. The van der Waals surface area contributed by atoms with Gasteiger partial charge in [-0.25, -0.2) is 4.79 Å². The van der Waals surface area contributed by atoms with E-state index in [1.807, 2.05) is 0 Å². The standard InChI is InChI=1S/C19H28N2O10S2/c1-10(22)7-12(18(28)29)3-5-16(25)21-13(15(24)4-6-17(26)27)8-32-33-9-14(19(30)31)20-11(2)23/h12-14H,3-9H2,1-2H3,(H,20,23)(H,21,25)(H,26,27)(H,28,29)(H,30,31). The largest absolute Gasteiger partial charge is 0.481 e. The fourth-order valence-electron chi connectivity index (χ4n) is 2.50. The topological polar surface area (TPSA) is 204 Å². The second kappa shape index (κ2) is 16.1. The average Bonchev–Trinajstić information content (AvgIpc) is 2.69. The Balaban J connectivity index is 4.93. The predicted molar refractivity (Wildman–Crippen MR) is 120 cm³/mol. The van der Waals surface area contributed by atoms with E-state index in [2.05, 4.69) is 10.6 Å². The van der Waals surface area contributed by atoms with Crippen LogP contribution in [0.4, 0.5) is 0 Å². The Bertz CT molecular complexity index is 759. The van der Waals surface area contributed by atoms with Crippen molar-refractivity contribution in [3.63, 3.8) is 0 Å². The van der Waals surface area contributed by atoms with E-state index < -0.39 is 59.9 Å². The van der Waals surface area contributed by atoms with Crippen LogP contribution in [0.2, 0.25) is 0 Å². The Labute approximate surface area is 198 Å². The molecule has 0 aliphatic heterocycles. The molecule has 3 unspecified atom stereocenters. The number of carbonyl (C=O) groups is 7. The summed E-state index contributed by atoms with van der Waals surface area (Å²) < 4.78 is 0. The molecule has 0 aromatic rings. The van der Waals surface area contributed by atoms with Gasteiger partial charge in [-0.1, -0.05) is 21.6 Å². The third-order valence-electron chi connectivity index (χ3n) is 4.14. The van der Waals surface area contributed by atoms with Crippen molar-refractivity contribution in [1.82, 2.24) is 10.6 Å². The number of hydrogen-bond donors (Lipinski definition) is 5. The Hall–Kier alpha value is -2.61. The number of hydrogen-bond acceptors (Lipinski definition) is 9. The molecule has 0 saturated carbocycles. The van der Waals surface area contributed by atoms with Gasteiger partial charge in [0.1, 0.15) is 11.8 Å². The van der Waals surface area contributed by atoms with Crippen LogP contribution in [0.3, 0.4) is 0 Å². The highest BCUT2D eigenvalue weighted by molar-refractivity contribution is 8.76. The van der Waals surface area contributed by atoms with Crippen LogP contribution < -0.4 is 10.6 Å². The molecule has 5 N–H and O–H groups in total. The van der Waals surface area contributed by atoms with Gasteiger partial charge in [0, 0.05) is 37.7 Å². The average molecular weight is 509 g/mol. The molecule has 2 amide bonds. The van der Waals surface area contributed by atoms with E-state index in [1.54, 1.807) is 0 Å². The summed E-state index contributed by atoms with van der Waals surface area (Å²) in [5, 5.41) is 31.7. The van der Waals surface area contributed by atoms with Crippen LogP contribution in [0.5, 0.6) is 0 Å². The summed E-state index contributed by atoms with van der Waals surface area (Å²) in [6.45, 7) is 2.41. The van der Waals surface area contributed by atoms with E-state index in [0.717, 1.165) is 21.6 Å². The Morgan fingerprint density at radius 1 is 0.758 bits per heavy atom. The lowest BCUT2D eigenvalue weighted by Gasteiger charge is -2.18. The third kappa shape index (κ3) is 15.0. The molecule has 33 heavy (non-hydrogen) atoms. The number of aliphatic carboxylic acids is 3. The number of amides is 2. The number of carboxylic acids is 3. The molecule has 3 atom stereocenters. The van der Waals surface area contributed by atoms with Gasteiger partial charge < -0.3 is 30.7 Å². The van der Waals surface area contributed by atoms with Crippen molar-refractivity contribution >= 4 is 62.9 Å². The lowest BCUT2D eigenvalue weighted by Crippen LogP contribution is -2.43. The van der Waals surface area contributed by atoms with Crippen LogP contribution >= 0.6 is 21.6 Å². The van der Waals surface area contributed by atoms with Gasteiger partial charge in [-0.2, -0.15) is 0 Å². The smallest absolute Gasteiger partial charge is 0.327 e. The highest BCUT2D eigenvalue weighted by atomic mass is 33.1. The molecule has 0 radical (unpaired) electrons. The maximum Gasteiger partial charge on any atom is 0.327 e. The maximum absolute atomic E-state index is 12.4. The summed E-state index contributed by atoms with van der Waals surface area (Å²) >= 11 is 0. The van der Waals surface area contributed by atoms with Crippen LogP contribution in [-0.4, -0.2) is 80.2 Å². The fraction of sp³-hybridized carbons (Fsp3) is 0.632. The van der Waals surface area contributed by atoms with Gasteiger partial charge in [0.05, 0.1) is 18.4 Å². The van der Waals surface area contributed by atoms with E-state index in [0.29, 0.717) is 0 Å². The molecular formula is C19H28N2O10S2. The molecule has 0 bridgehead atoms. The van der Waals surface area contributed by atoms with E-state index in [1.165, 1.54) is 13.8 Å². The van der Waals surface area contributed by atoms with Crippen molar-refractivity contribution in [1.29, 1.82) is 0 Å². The summed E-state index contributed by atoms with van der Waals surface area (Å²) in [7, 11) is 2.10. The van der Waals surface area contributed by atoms with Gasteiger partial charge >= 0.3 is 17.9 Å². The zero-order valence-electron chi connectivity index (χ0n) is 18.2. The number of carboxylic acid groups (broad SMARTS) is 3. The maximum atomic E-state index is 12.4. The first-order valence-electron chi connectivity index (χ1n) is 9.83. The molecular weight excluding hydrogens is 480 g/mol. The zero-order chi connectivity index (χ0) is 25.6. The van der Waals surface area contributed by atoms with Gasteiger partial charge in [-0.3, -0.25) is 24.0 Å². The van der Waals surface area contributed by atoms with Crippen molar-refractivity contribution in [2.75, 3.05) is 11.5 Å². The van der Waals surface area contributed by atoms with E-state index in [4.69, 9.17) is 15.3 Å². The van der Waals surface area contributed by atoms with E-state index in [9.17, 15) is 33.6 Å². The Morgan fingerprint density at radius 3 is 1.79 bits per heavy atom. The molecule has 0 aliphatic carbocycles. The van der Waals surface area contributed by atoms with Gasteiger partial charge in [0.15, 0.2) is 5.78 Å². The summed E-state index contributed by atoms with van der Waals surface area (Å²) in [6, 6.07) is -2.22. The molecule has 186 valence electrons. The third-order valence-corrected chi connectivity index (χ3v) is 6.56. The zero-order valence-corrected chi connectivity index (χ0v) is 19.8. The highest BCUT2D eigenvalue weighted by Crippen LogP contribution is 2.24. The van der Waals surface area contributed by atoms with Gasteiger partial charge in [-0.05, 0) is 13.3 Å². The van der Waals surface area contributed by atoms with E-state index in [-0.39, 0.29) is 43.0 Å². The number of Topliss-reactive ketones (excluding diaryl/α,β-unsaturated/α-hetero) is 2. The molecule has 0 fully saturated rings. The fourth-order valence-corrected chi connectivity index (χ4v) is 4.86. The molecule has 0 aliphatic rings. The second-order valence-corrected chi connectivity index (χ2v) is 9.67. The second-order valence-electron chi connectivity index (χ2n) is 7.12. The van der Waals surface area contributed by atoms with Crippen molar-refractivity contribution in [3.05, 3.63) is 0 Å². The molecule has 0 aromatic carbocycles. The molecule has 0 spiro atoms. The van der Waals surface area contributed by atoms with Crippen molar-refractivity contribution in [2.45, 2.75) is 58.0 Å². The summed E-state index contributed by atoms with van der Waals surface area (Å²) in [4.78, 5) is 79.9. The van der Waals surface area contributed by atoms with Crippen LogP contribution in [0.25, 0.3) is 0 Å². The first kappa shape index (κ1) is 30.4. The van der Waals surface area contributed by atoms with Crippen LogP contribution in [0.15, 0.2) is 0 Å². The van der Waals surface area contributed by atoms with Crippen molar-refractivity contribution < 1.29 is 48.9 Å². The van der Waals surface area contributed by atoms with Crippen molar-refractivity contribution in [3.8, 4) is 0 Å². The Morgan fingerprint density at radius 2 is 1.33 bits per heavy atom. The lowest BCUT2D eigenvalue weighted by molar-refractivity contribution is -0.144. The summed E-state index contributed by atoms with van der Waals surface area (Å²) in [6.07, 6.45) is -1.37. The monoisotopic (exact) mass is 508 g/mol. The number of nitrogens with one attached hydrogen (secondary N) is 2. The van der Waals surface area contributed by atoms with Gasteiger partial charge in [0.2, 0.25) is 11.8 Å². The molecule has 0 aromatic heterocycles. The Kier molecular flexibility index (Phi) is 14.8. The minimum Gasteiger partial charge on any atom is -0.481 e. The first-order valence-corrected chi connectivity index (χ1v) is 12.3. The van der Waals surface area contributed by atoms with Crippen molar-refractivity contribution in [2.24, 2.45) is 5.92 Å². The van der Waals surface area contributed by atoms with Gasteiger partial charge in [0.25, 0.3) is 0 Å². The summed E-state index contributed by atoms with van der Waals surface area (Å²) in [5.74, 6) is -6.75. The lowest BCUT2D eigenvalue weighted by atomic mass is 9.97. The highest BCUT2D eigenvalue weighted by Gasteiger charge is 2.25. The minimum atomic E-state index is -1.24. The van der Waals surface area contributed by atoms with E-state index >= 15 is 0 Å². The quantitative estimate of drug-likeness (QED) is 0.126. The number of ketones is 2. The molecule has 0 saturated heterocycles. The van der Waals surface area contributed by atoms with Crippen LogP contribution in [0.1, 0.15) is 46.0 Å². The number of carbonyl (C=O) groups excluding carboxylic acids is 4. The van der Waals surface area contributed by atoms with Gasteiger partial charge in [-0.15, -0.1) is 0 Å². The van der Waals surface area contributed by atoms with Crippen LogP contribution in [0, 0.1) is 5.92 Å². The first-order chi connectivity index (χ1) is 15.3. The normalized spacial score (nSPS) is 13.3. The molecule has 0 heterocycles. The minimum absolute atomic E-state index is 0.00290. The predicted octanol–water partition coefficient (Wildman–Crippen LogP) is 0.336. The molecule has 14 heteroatoms. The van der Waals surface area contributed by atoms with Crippen LogP contribution in [-0.2, 0) is 33.6 Å².